The summed E-state index contributed by atoms with van der Waals surface area (Å²) in [6.07, 6.45) is 8.00. The topological polar surface area (TPSA) is 0 Å². The lowest BCUT2D eigenvalue weighted by Crippen LogP contribution is -2.06. The van der Waals surface area contributed by atoms with Gasteiger partial charge in [-0.3, -0.25) is 0 Å². The van der Waals surface area contributed by atoms with Crippen LogP contribution in [0.25, 0.3) is 0 Å². The molecular weight excluding hydrogens is 120 g/mol. The number of rotatable bonds is 2. The van der Waals surface area contributed by atoms with E-state index in [1.54, 1.807) is 0 Å². The van der Waals surface area contributed by atoms with Gasteiger partial charge in [-0.25, -0.2) is 0 Å². The summed E-state index contributed by atoms with van der Waals surface area (Å²) in [4.78, 5) is 0. The predicted molar refractivity (Wildman–Crippen MR) is 45.8 cm³/mol. The second-order valence-corrected chi connectivity index (χ2v) is 3.60. The van der Waals surface area contributed by atoms with Crippen LogP contribution < -0.4 is 0 Å². The molecule has 0 nitrogen and oxygen atoms in total. The van der Waals surface area contributed by atoms with Crippen molar-refractivity contribution < 1.29 is 0 Å². The largest absolute Gasteiger partial charge is 0.103 e. The van der Waals surface area contributed by atoms with Crippen molar-refractivity contribution in [3.8, 4) is 0 Å². The van der Waals surface area contributed by atoms with Gasteiger partial charge in [-0.15, -0.1) is 13.2 Å². The molecule has 0 bridgehead atoms. The lowest BCUT2D eigenvalue weighted by molar-refractivity contribution is 0.435. The Kier molecular flexibility index (Phi) is 1.98. The molecule has 1 aliphatic rings. The van der Waals surface area contributed by atoms with E-state index in [0.717, 1.165) is 5.92 Å². The predicted octanol–water partition coefficient (Wildman–Crippen LogP) is 3.16. The second-order valence-electron chi connectivity index (χ2n) is 3.60. The maximum absolute atomic E-state index is 3.85. The van der Waals surface area contributed by atoms with Crippen molar-refractivity contribution in [2.75, 3.05) is 0 Å². The fourth-order valence-corrected chi connectivity index (χ4v) is 1.70. The minimum absolute atomic E-state index is 0.402. The Morgan fingerprint density at radius 3 is 2.50 bits per heavy atom. The second kappa shape index (κ2) is 2.61. The highest BCUT2D eigenvalue weighted by atomic mass is 14.3. The molecule has 1 fully saturated rings. The Bertz CT molecular complexity index is 146. The molecule has 2 atom stereocenters. The van der Waals surface area contributed by atoms with Crippen LogP contribution in [0.4, 0.5) is 0 Å². The van der Waals surface area contributed by atoms with Crippen LogP contribution >= 0.6 is 0 Å². The first-order chi connectivity index (χ1) is 4.70. The Morgan fingerprint density at radius 2 is 2.20 bits per heavy atom. The van der Waals surface area contributed by atoms with Gasteiger partial charge in [0, 0.05) is 0 Å². The monoisotopic (exact) mass is 136 g/mol. The van der Waals surface area contributed by atoms with Crippen LogP contribution in [0.3, 0.4) is 0 Å². The van der Waals surface area contributed by atoms with E-state index in [2.05, 4.69) is 32.2 Å². The van der Waals surface area contributed by atoms with E-state index >= 15 is 0 Å². The molecule has 56 valence electrons. The van der Waals surface area contributed by atoms with Gasteiger partial charge < -0.3 is 0 Å². The summed E-state index contributed by atoms with van der Waals surface area (Å²) in [5.74, 6) is 0.739. The smallest absolute Gasteiger partial charge is 0.0143 e. The zero-order valence-corrected chi connectivity index (χ0v) is 6.77. The van der Waals surface area contributed by atoms with Crippen molar-refractivity contribution >= 4 is 0 Å². The van der Waals surface area contributed by atoms with Gasteiger partial charge in [0.2, 0.25) is 0 Å². The zero-order chi connectivity index (χ0) is 7.61. The standard InChI is InChI=1S/C10H16/c1-4-9-6-7-10(3,5-2)8-9/h4-5,9H,1-2,6-8H2,3H3. The summed E-state index contributed by atoms with van der Waals surface area (Å²) in [6.45, 7) is 9.94. The first kappa shape index (κ1) is 7.59. The van der Waals surface area contributed by atoms with Crippen LogP contribution in [0.15, 0.2) is 25.3 Å². The number of allylic oxidation sites excluding steroid dienone is 2. The van der Waals surface area contributed by atoms with Crippen molar-refractivity contribution in [2.45, 2.75) is 26.2 Å². The lowest BCUT2D eigenvalue weighted by Gasteiger charge is -2.17. The Morgan fingerprint density at radius 1 is 1.50 bits per heavy atom. The SMILES string of the molecule is C=CC1CCC(C)(C=C)C1. The zero-order valence-electron chi connectivity index (χ0n) is 6.77. The van der Waals surface area contributed by atoms with Crippen molar-refractivity contribution in [3.63, 3.8) is 0 Å². The fraction of sp³-hybridized carbons (Fsp3) is 0.600. The lowest BCUT2D eigenvalue weighted by atomic mass is 9.88. The molecule has 0 N–H and O–H groups in total. The van der Waals surface area contributed by atoms with Gasteiger partial charge in [0.25, 0.3) is 0 Å². The summed E-state index contributed by atoms with van der Waals surface area (Å²) in [5.41, 5.74) is 0.402. The van der Waals surface area contributed by atoms with Crippen molar-refractivity contribution in [2.24, 2.45) is 11.3 Å². The van der Waals surface area contributed by atoms with Gasteiger partial charge in [0.15, 0.2) is 0 Å². The Labute approximate surface area is 63.6 Å². The van der Waals surface area contributed by atoms with Crippen molar-refractivity contribution in [3.05, 3.63) is 25.3 Å². The van der Waals surface area contributed by atoms with E-state index in [-0.39, 0.29) is 0 Å². The third kappa shape index (κ3) is 1.31. The highest BCUT2D eigenvalue weighted by Crippen LogP contribution is 2.42. The molecule has 0 spiro atoms. The summed E-state index contributed by atoms with van der Waals surface area (Å²) >= 11 is 0. The molecule has 1 saturated carbocycles. The van der Waals surface area contributed by atoms with Crippen LogP contribution in [0.1, 0.15) is 26.2 Å². The molecule has 0 aliphatic heterocycles. The van der Waals surface area contributed by atoms with Gasteiger partial charge >= 0.3 is 0 Å². The van der Waals surface area contributed by atoms with Crippen LogP contribution in [-0.4, -0.2) is 0 Å². The van der Waals surface area contributed by atoms with Crippen molar-refractivity contribution in [1.82, 2.24) is 0 Å². The van der Waals surface area contributed by atoms with E-state index in [4.69, 9.17) is 0 Å². The summed E-state index contributed by atoms with van der Waals surface area (Å²) < 4.78 is 0. The van der Waals surface area contributed by atoms with Gasteiger partial charge in [-0.05, 0) is 30.6 Å². The van der Waals surface area contributed by atoms with E-state index in [1.807, 2.05) is 0 Å². The third-order valence-corrected chi connectivity index (χ3v) is 2.64. The molecule has 0 radical (unpaired) electrons. The summed E-state index contributed by atoms with van der Waals surface area (Å²) in [6, 6.07) is 0. The molecule has 0 heterocycles. The van der Waals surface area contributed by atoms with Gasteiger partial charge in [0.05, 0.1) is 0 Å². The highest BCUT2D eigenvalue weighted by molar-refractivity contribution is 5.01. The highest BCUT2D eigenvalue weighted by Gasteiger charge is 2.30. The van der Waals surface area contributed by atoms with E-state index in [9.17, 15) is 0 Å². The van der Waals surface area contributed by atoms with Crippen LogP contribution in [0.5, 0.6) is 0 Å². The minimum atomic E-state index is 0.402. The Balaban J connectivity index is 2.56. The molecule has 0 amide bonds. The van der Waals surface area contributed by atoms with Crippen molar-refractivity contribution in [1.29, 1.82) is 0 Å². The van der Waals surface area contributed by atoms with Crippen LogP contribution in [0.2, 0.25) is 0 Å². The first-order valence-corrected chi connectivity index (χ1v) is 3.96. The molecule has 0 saturated heterocycles. The van der Waals surface area contributed by atoms with E-state index < -0.39 is 0 Å². The molecule has 0 aromatic heterocycles. The molecule has 1 aliphatic carbocycles. The van der Waals surface area contributed by atoms with E-state index in [1.165, 1.54) is 19.3 Å². The molecule has 0 aromatic rings. The molecule has 2 unspecified atom stereocenters. The summed E-state index contributed by atoms with van der Waals surface area (Å²) in [7, 11) is 0. The molecular formula is C10H16. The maximum Gasteiger partial charge on any atom is -0.0143 e. The normalized spacial score (nSPS) is 39.5. The molecule has 0 aromatic carbocycles. The number of hydrogen-bond acceptors (Lipinski definition) is 0. The Hall–Kier alpha value is -0.520. The van der Waals surface area contributed by atoms with Gasteiger partial charge in [0.1, 0.15) is 0 Å². The van der Waals surface area contributed by atoms with Crippen LogP contribution in [0, 0.1) is 11.3 Å². The molecule has 10 heavy (non-hydrogen) atoms. The van der Waals surface area contributed by atoms with E-state index in [0.29, 0.717) is 5.41 Å². The van der Waals surface area contributed by atoms with Crippen LogP contribution in [-0.2, 0) is 0 Å². The molecule has 1 rings (SSSR count). The molecule has 0 heteroatoms. The quantitative estimate of drug-likeness (QED) is 0.511. The summed E-state index contributed by atoms with van der Waals surface area (Å²) in [5, 5.41) is 0. The maximum atomic E-state index is 3.85. The minimum Gasteiger partial charge on any atom is -0.103 e. The average Bonchev–Trinajstić information content (AvgIpc) is 2.33. The fourth-order valence-electron chi connectivity index (χ4n) is 1.70. The van der Waals surface area contributed by atoms with Gasteiger partial charge in [-0.1, -0.05) is 19.1 Å². The number of hydrogen-bond donors (Lipinski definition) is 0. The average molecular weight is 136 g/mol. The third-order valence-electron chi connectivity index (χ3n) is 2.64. The first-order valence-electron chi connectivity index (χ1n) is 3.96. The van der Waals surface area contributed by atoms with Gasteiger partial charge in [-0.2, -0.15) is 0 Å².